The molecule has 0 amide bonds. The number of hydrogen-bond donors (Lipinski definition) is 1. The topological polar surface area (TPSA) is 34.1 Å². The van der Waals surface area contributed by atoms with Crippen molar-refractivity contribution in [1.29, 1.82) is 0 Å². The smallest absolute Gasteiger partial charge is 0.213 e. The van der Waals surface area contributed by atoms with Crippen LogP contribution in [0.1, 0.15) is 57.2 Å². The normalized spacial score (nSPS) is 29.4. The van der Waals surface area contributed by atoms with Crippen molar-refractivity contribution >= 4 is 0 Å². The lowest BCUT2D eigenvalue weighted by Gasteiger charge is -2.31. The minimum Gasteiger partial charge on any atom is -0.474 e. The first kappa shape index (κ1) is 14.8. The maximum atomic E-state index is 6.14. The average Bonchev–Trinajstić information content (AvgIpc) is 3.20. The number of nitrogens with zero attached hydrogens (tertiary/aromatic N) is 1. The predicted octanol–water partition coefficient (Wildman–Crippen LogP) is 3.85. The van der Waals surface area contributed by atoms with Crippen LogP contribution in [0, 0.1) is 18.8 Å². The van der Waals surface area contributed by atoms with E-state index in [9.17, 15) is 0 Å². The van der Waals surface area contributed by atoms with Gasteiger partial charge in [0.1, 0.15) is 6.10 Å². The highest BCUT2D eigenvalue weighted by Gasteiger charge is 2.25. The second-order valence-electron chi connectivity index (χ2n) is 7.21. The van der Waals surface area contributed by atoms with Crippen molar-refractivity contribution in [2.45, 2.75) is 71.6 Å². The Morgan fingerprint density at radius 2 is 1.86 bits per heavy atom. The molecule has 0 aliphatic heterocycles. The van der Waals surface area contributed by atoms with E-state index in [4.69, 9.17) is 4.74 Å². The Balaban J connectivity index is 1.58. The highest BCUT2D eigenvalue weighted by Crippen LogP contribution is 2.31. The molecule has 0 saturated heterocycles. The summed E-state index contributed by atoms with van der Waals surface area (Å²) in [5.74, 6) is 2.33. The van der Waals surface area contributed by atoms with Gasteiger partial charge in [-0.05, 0) is 56.4 Å². The summed E-state index contributed by atoms with van der Waals surface area (Å²) in [6.07, 6.45) is 6.65. The lowest BCUT2D eigenvalue weighted by atomic mass is 9.82. The second-order valence-corrected chi connectivity index (χ2v) is 7.21. The molecular weight excluding hydrogens is 260 g/mol. The van der Waals surface area contributed by atoms with Gasteiger partial charge in [0.25, 0.3) is 0 Å². The van der Waals surface area contributed by atoms with Crippen LogP contribution in [-0.4, -0.2) is 17.1 Å². The number of pyridine rings is 1. The number of nitrogens with one attached hydrogen (secondary N) is 1. The third-order valence-electron chi connectivity index (χ3n) is 4.75. The van der Waals surface area contributed by atoms with Gasteiger partial charge in [0.15, 0.2) is 0 Å². The van der Waals surface area contributed by atoms with E-state index in [2.05, 4.69) is 37.1 Å². The number of ether oxygens (including phenoxy) is 1. The molecule has 1 N–H and O–H groups in total. The van der Waals surface area contributed by atoms with E-state index in [-0.39, 0.29) is 0 Å². The third kappa shape index (κ3) is 4.19. The minimum absolute atomic E-state index is 0.339. The van der Waals surface area contributed by atoms with Crippen molar-refractivity contribution in [3.8, 4) is 5.88 Å². The zero-order valence-corrected chi connectivity index (χ0v) is 13.6. The molecule has 2 unspecified atom stereocenters. The van der Waals surface area contributed by atoms with Gasteiger partial charge < -0.3 is 10.1 Å². The minimum atomic E-state index is 0.339. The molecule has 2 atom stereocenters. The van der Waals surface area contributed by atoms with Crippen LogP contribution in [0.3, 0.4) is 0 Å². The summed E-state index contributed by atoms with van der Waals surface area (Å²) in [5.41, 5.74) is 2.39. The molecule has 0 bridgehead atoms. The van der Waals surface area contributed by atoms with Crippen LogP contribution >= 0.6 is 0 Å². The van der Waals surface area contributed by atoms with Gasteiger partial charge in [0.05, 0.1) is 0 Å². The van der Waals surface area contributed by atoms with Crippen molar-refractivity contribution in [1.82, 2.24) is 10.3 Å². The second kappa shape index (κ2) is 6.35. The van der Waals surface area contributed by atoms with Crippen molar-refractivity contribution in [3.05, 3.63) is 23.4 Å². The van der Waals surface area contributed by atoms with E-state index < -0.39 is 0 Å². The quantitative estimate of drug-likeness (QED) is 0.893. The molecule has 0 aromatic carbocycles. The lowest BCUT2D eigenvalue weighted by Crippen LogP contribution is -2.28. The molecule has 1 heterocycles. The maximum Gasteiger partial charge on any atom is 0.213 e. The first-order valence-corrected chi connectivity index (χ1v) is 8.46. The summed E-state index contributed by atoms with van der Waals surface area (Å²) < 4.78 is 6.14. The van der Waals surface area contributed by atoms with E-state index in [1.807, 2.05) is 6.07 Å². The average molecular weight is 288 g/mol. The van der Waals surface area contributed by atoms with E-state index in [1.165, 1.54) is 24.8 Å². The van der Waals surface area contributed by atoms with Gasteiger partial charge in [-0.3, -0.25) is 0 Å². The van der Waals surface area contributed by atoms with Crippen molar-refractivity contribution in [2.75, 3.05) is 0 Å². The highest BCUT2D eigenvalue weighted by molar-refractivity contribution is 5.25. The summed E-state index contributed by atoms with van der Waals surface area (Å²) in [4.78, 5) is 4.65. The van der Waals surface area contributed by atoms with Gasteiger partial charge in [-0.2, -0.15) is 0 Å². The fourth-order valence-corrected chi connectivity index (χ4v) is 3.50. The fraction of sp³-hybridized carbons (Fsp3) is 0.722. The summed E-state index contributed by atoms with van der Waals surface area (Å²) in [7, 11) is 0. The van der Waals surface area contributed by atoms with Crippen molar-refractivity contribution < 1.29 is 4.74 Å². The van der Waals surface area contributed by atoms with Gasteiger partial charge in [-0.15, -0.1) is 0 Å². The van der Waals surface area contributed by atoms with E-state index in [0.717, 1.165) is 48.8 Å². The molecule has 2 saturated carbocycles. The van der Waals surface area contributed by atoms with Gasteiger partial charge in [0.2, 0.25) is 5.88 Å². The van der Waals surface area contributed by atoms with Crippen LogP contribution in [0.15, 0.2) is 12.1 Å². The molecule has 1 aromatic heterocycles. The van der Waals surface area contributed by atoms with Gasteiger partial charge >= 0.3 is 0 Å². The first-order valence-electron chi connectivity index (χ1n) is 8.46. The zero-order valence-electron chi connectivity index (χ0n) is 13.6. The van der Waals surface area contributed by atoms with E-state index in [0.29, 0.717) is 6.10 Å². The largest absolute Gasteiger partial charge is 0.474 e. The highest BCUT2D eigenvalue weighted by atomic mass is 16.5. The molecule has 2 fully saturated rings. The lowest BCUT2D eigenvalue weighted by molar-refractivity contribution is 0.0965. The van der Waals surface area contributed by atoms with E-state index in [1.54, 1.807) is 0 Å². The molecule has 3 nitrogen and oxygen atoms in total. The molecule has 2 aliphatic rings. The number of rotatable bonds is 5. The summed E-state index contributed by atoms with van der Waals surface area (Å²) in [6.45, 7) is 7.68. The molecule has 2 aliphatic carbocycles. The predicted molar refractivity (Wildman–Crippen MR) is 85.4 cm³/mol. The van der Waals surface area contributed by atoms with Gasteiger partial charge in [-0.1, -0.05) is 19.9 Å². The standard InChI is InChI=1S/C18H28N2O/c1-12-8-13(2)10-17(9-12)21-18-7-4-15(14(3)20-18)11-19-16-5-6-16/h4,7,12-13,16-17,19H,5-6,8-11H2,1-3H3. The molecule has 1 aromatic rings. The molecule has 3 heteroatoms. The van der Waals surface area contributed by atoms with Gasteiger partial charge in [0, 0.05) is 24.3 Å². The third-order valence-corrected chi connectivity index (χ3v) is 4.75. The Morgan fingerprint density at radius 3 is 2.48 bits per heavy atom. The van der Waals surface area contributed by atoms with Crippen LogP contribution in [0.2, 0.25) is 0 Å². The maximum absolute atomic E-state index is 6.14. The first-order chi connectivity index (χ1) is 10.1. The van der Waals surface area contributed by atoms with Crippen LogP contribution < -0.4 is 10.1 Å². The van der Waals surface area contributed by atoms with Crippen LogP contribution in [0.25, 0.3) is 0 Å². The van der Waals surface area contributed by atoms with Gasteiger partial charge in [-0.25, -0.2) is 4.98 Å². The molecule has 116 valence electrons. The Hall–Kier alpha value is -1.09. The van der Waals surface area contributed by atoms with E-state index >= 15 is 0 Å². The number of hydrogen-bond acceptors (Lipinski definition) is 3. The van der Waals surface area contributed by atoms with Crippen LogP contribution in [0.4, 0.5) is 0 Å². The van der Waals surface area contributed by atoms with Crippen LogP contribution in [-0.2, 0) is 6.54 Å². The van der Waals surface area contributed by atoms with Crippen LogP contribution in [0.5, 0.6) is 5.88 Å². The monoisotopic (exact) mass is 288 g/mol. The van der Waals surface area contributed by atoms with Crippen molar-refractivity contribution in [3.63, 3.8) is 0 Å². The molecule has 0 spiro atoms. The Bertz CT molecular complexity index is 474. The Labute approximate surface area is 128 Å². The Morgan fingerprint density at radius 1 is 1.14 bits per heavy atom. The number of aryl methyl sites for hydroxylation is 1. The molecule has 21 heavy (non-hydrogen) atoms. The molecule has 3 rings (SSSR count). The summed E-state index contributed by atoms with van der Waals surface area (Å²) in [6, 6.07) is 4.95. The zero-order chi connectivity index (χ0) is 14.8. The summed E-state index contributed by atoms with van der Waals surface area (Å²) in [5, 5.41) is 3.55. The Kier molecular flexibility index (Phi) is 4.48. The molecule has 0 radical (unpaired) electrons. The number of aromatic nitrogens is 1. The fourth-order valence-electron chi connectivity index (χ4n) is 3.50. The van der Waals surface area contributed by atoms with Crippen molar-refractivity contribution in [2.24, 2.45) is 11.8 Å². The molecular formula is C18H28N2O. The SMILES string of the molecule is Cc1nc(OC2CC(C)CC(C)C2)ccc1CNC1CC1. The summed E-state index contributed by atoms with van der Waals surface area (Å²) >= 11 is 0.